The Bertz CT molecular complexity index is 584. The van der Waals surface area contributed by atoms with Crippen LogP contribution in [0.4, 0.5) is 4.39 Å². The number of hydrogen-bond acceptors (Lipinski definition) is 3. The Morgan fingerprint density at radius 2 is 2.08 bits per heavy atom. The molecule has 2 aliphatic rings. The fourth-order valence-electron chi connectivity index (χ4n) is 3.84. The van der Waals surface area contributed by atoms with E-state index in [0.29, 0.717) is 6.54 Å². The molecule has 0 bridgehead atoms. The summed E-state index contributed by atoms with van der Waals surface area (Å²) in [6.45, 7) is 5.57. The Balaban J connectivity index is 1.53. The van der Waals surface area contributed by atoms with E-state index in [2.05, 4.69) is 4.90 Å². The summed E-state index contributed by atoms with van der Waals surface area (Å²) in [5, 5.41) is 0. The third kappa shape index (κ3) is 3.78. The van der Waals surface area contributed by atoms with Crippen molar-refractivity contribution in [2.75, 3.05) is 33.2 Å². The summed E-state index contributed by atoms with van der Waals surface area (Å²) in [7, 11) is 1.88. The lowest BCUT2D eigenvalue weighted by atomic mass is 9.88. The average molecular weight is 334 g/mol. The zero-order valence-electron chi connectivity index (χ0n) is 14.6. The predicted molar refractivity (Wildman–Crippen MR) is 91.3 cm³/mol. The van der Waals surface area contributed by atoms with E-state index < -0.39 is 0 Å². The van der Waals surface area contributed by atoms with E-state index >= 15 is 0 Å². The van der Waals surface area contributed by atoms with Gasteiger partial charge < -0.3 is 14.5 Å². The molecule has 2 aliphatic heterocycles. The van der Waals surface area contributed by atoms with Crippen molar-refractivity contribution in [1.29, 1.82) is 0 Å². The summed E-state index contributed by atoms with van der Waals surface area (Å²) < 4.78 is 19.5. The molecule has 2 fully saturated rings. The fourth-order valence-corrected chi connectivity index (χ4v) is 3.84. The van der Waals surface area contributed by atoms with Gasteiger partial charge in [0.1, 0.15) is 11.9 Å². The Morgan fingerprint density at radius 3 is 2.75 bits per heavy atom. The van der Waals surface area contributed by atoms with E-state index in [9.17, 15) is 9.18 Å². The van der Waals surface area contributed by atoms with Gasteiger partial charge in [0.15, 0.2) is 0 Å². The maximum atomic E-state index is 13.2. The lowest BCUT2D eigenvalue weighted by Gasteiger charge is -2.48. The molecule has 3 rings (SSSR count). The van der Waals surface area contributed by atoms with Crippen molar-refractivity contribution in [3.63, 3.8) is 0 Å². The molecule has 1 aromatic carbocycles. The van der Waals surface area contributed by atoms with Crippen LogP contribution in [0.1, 0.15) is 31.7 Å². The Hall–Kier alpha value is -1.46. The van der Waals surface area contributed by atoms with Crippen molar-refractivity contribution < 1.29 is 13.9 Å². The lowest BCUT2D eigenvalue weighted by Crippen LogP contribution is -2.60. The number of amides is 1. The normalized spacial score (nSPS) is 24.5. The van der Waals surface area contributed by atoms with E-state index in [1.54, 1.807) is 12.1 Å². The Morgan fingerprint density at radius 1 is 1.33 bits per heavy atom. The molecule has 0 unspecified atom stereocenters. The minimum Gasteiger partial charge on any atom is -0.360 e. The Labute approximate surface area is 143 Å². The van der Waals surface area contributed by atoms with Crippen LogP contribution in [0.15, 0.2) is 24.3 Å². The minimum absolute atomic E-state index is 0.108. The maximum Gasteiger partial charge on any atom is 0.251 e. The smallest absolute Gasteiger partial charge is 0.251 e. The highest BCUT2D eigenvalue weighted by Crippen LogP contribution is 2.33. The molecular formula is C19H27FN2O2. The summed E-state index contributed by atoms with van der Waals surface area (Å²) in [6, 6.07) is 6.84. The first-order valence-electron chi connectivity index (χ1n) is 8.91. The quantitative estimate of drug-likeness (QED) is 0.848. The van der Waals surface area contributed by atoms with Crippen molar-refractivity contribution in [2.24, 2.45) is 0 Å². The number of likely N-dealkylation sites (tertiary alicyclic amines) is 1. The molecular weight excluding hydrogens is 307 g/mol. The van der Waals surface area contributed by atoms with Gasteiger partial charge in [-0.25, -0.2) is 4.39 Å². The number of carbonyl (C=O) groups excluding carboxylic acids is 1. The van der Waals surface area contributed by atoms with E-state index in [0.717, 1.165) is 50.9 Å². The molecule has 5 heteroatoms. The second kappa shape index (κ2) is 7.19. The first-order chi connectivity index (χ1) is 11.5. The number of morpholine rings is 1. The van der Waals surface area contributed by atoms with Crippen LogP contribution < -0.4 is 0 Å². The molecule has 1 amide bonds. The van der Waals surface area contributed by atoms with Gasteiger partial charge in [0, 0.05) is 33.2 Å². The molecule has 132 valence electrons. The van der Waals surface area contributed by atoms with Crippen LogP contribution in [0.2, 0.25) is 0 Å². The second-order valence-corrected chi connectivity index (χ2v) is 7.11. The van der Waals surface area contributed by atoms with Crippen LogP contribution in [0.3, 0.4) is 0 Å². The number of ether oxygens (including phenoxy) is 1. The molecule has 0 N–H and O–H groups in total. The van der Waals surface area contributed by atoms with Gasteiger partial charge in [-0.1, -0.05) is 19.1 Å². The molecule has 24 heavy (non-hydrogen) atoms. The maximum absolute atomic E-state index is 13.2. The van der Waals surface area contributed by atoms with Crippen LogP contribution in [-0.2, 0) is 16.0 Å². The van der Waals surface area contributed by atoms with Crippen LogP contribution in [0.5, 0.6) is 0 Å². The SMILES string of the molecule is CC[C@H]1OC2(CCN(CCc3cccc(F)c3)CC2)CN(C)C1=O. The van der Waals surface area contributed by atoms with E-state index in [-0.39, 0.29) is 23.4 Å². The van der Waals surface area contributed by atoms with Gasteiger partial charge in [-0.3, -0.25) is 4.79 Å². The highest BCUT2D eigenvalue weighted by molar-refractivity contribution is 5.81. The van der Waals surface area contributed by atoms with E-state index in [4.69, 9.17) is 4.74 Å². The van der Waals surface area contributed by atoms with Gasteiger partial charge in [-0.05, 0) is 43.4 Å². The predicted octanol–water partition coefficient (Wildman–Crippen LogP) is 2.47. The topological polar surface area (TPSA) is 32.8 Å². The fraction of sp³-hybridized carbons (Fsp3) is 0.632. The van der Waals surface area contributed by atoms with Crippen LogP contribution in [0.25, 0.3) is 0 Å². The molecule has 2 heterocycles. The second-order valence-electron chi connectivity index (χ2n) is 7.11. The number of carbonyl (C=O) groups is 1. The summed E-state index contributed by atoms with van der Waals surface area (Å²) in [6.07, 6.45) is 3.20. The highest BCUT2D eigenvalue weighted by Gasteiger charge is 2.44. The van der Waals surface area contributed by atoms with Crippen molar-refractivity contribution in [2.45, 2.75) is 44.3 Å². The minimum atomic E-state index is -0.289. The molecule has 0 aliphatic carbocycles. The molecule has 0 aromatic heterocycles. The van der Waals surface area contributed by atoms with Crippen LogP contribution in [-0.4, -0.2) is 60.6 Å². The lowest BCUT2D eigenvalue weighted by molar-refractivity contribution is -0.190. The first kappa shape index (κ1) is 17.4. The molecule has 2 saturated heterocycles. The third-order valence-electron chi connectivity index (χ3n) is 5.31. The van der Waals surface area contributed by atoms with Gasteiger partial charge in [0.25, 0.3) is 5.91 Å². The molecule has 4 nitrogen and oxygen atoms in total. The number of nitrogens with zero attached hydrogens (tertiary/aromatic N) is 2. The standard InChI is InChI=1S/C19H27FN2O2/c1-3-17-18(23)21(2)14-19(24-17)8-11-22(12-9-19)10-7-15-5-4-6-16(20)13-15/h4-6,13,17H,3,7-12,14H2,1-2H3/t17-/m1/s1. The van der Waals surface area contributed by atoms with Gasteiger partial charge in [0.2, 0.25) is 0 Å². The van der Waals surface area contributed by atoms with E-state index in [1.807, 2.05) is 24.9 Å². The number of rotatable bonds is 4. The zero-order valence-corrected chi connectivity index (χ0v) is 14.6. The summed E-state index contributed by atoms with van der Waals surface area (Å²) >= 11 is 0. The van der Waals surface area contributed by atoms with Gasteiger partial charge >= 0.3 is 0 Å². The van der Waals surface area contributed by atoms with Crippen molar-refractivity contribution in [1.82, 2.24) is 9.80 Å². The van der Waals surface area contributed by atoms with Gasteiger partial charge in [0.05, 0.1) is 5.60 Å². The monoisotopic (exact) mass is 334 g/mol. The zero-order chi connectivity index (χ0) is 17.2. The summed E-state index contributed by atoms with van der Waals surface area (Å²) in [5.41, 5.74) is 0.860. The molecule has 0 saturated carbocycles. The molecule has 0 radical (unpaired) electrons. The molecule has 1 atom stereocenters. The number of piperidine rings is 1. The van der Waals surface area contributed by atoms with Crippen molar-refractivity contribution in [3.8, 4) is 0 Å². The number of benzene rings is 1. The van der Waals surface area contributed by atoms with Crippen molar-refractivity contribution in [3.05, 3.63) is 35.6 Å². The molecule has 1 spiro atoms. The third-order valence-corrected chi connectivity index (χ3v) is 5.31. The van der Waals surface area contributed by atoms with Crippen LogP contribution >= 0.6 is 0 Å². The average Bonchev–Trinajstić information content (AvgIpc) is 2.58. The Kier molecular flexibility index (Phi) is 5.21. The van der Waals surface area contributed by atoms with Crippen LogP contribution in [0, 0.1) is 5.82 Å². The van der Waals surface area contributed by atoms with Gasteiger partial charge in [-0.15, -0.1) is 0 Å². The van der Waals surface area contributed by atoms with E-state index in [1.165, 1.54) is 6.07 Å². The number of likely N-dealkylation sites (N-methyl/N-ethyl adjacent to an activating group) is 1. The largest absolute Gasteiger partial charge is 0.360 e. The number of hydrogen-bond donors (Lipinski definition) is 0. The summed E-state index contributed by atoms with van der Waals surface area (Å²) in [4.78, 5) is 16.3. The van der Waals surface area contributed by atoms with Gasteiger partial charge in [-0.2, -0.15) is 0 Å². The summed E-state index contributed by atoms with van der Waals surface area (Å²) in [5.74, 6) is -0.0596. The molecule has 1 aromatic rings. The number of halogens is 1. The van der Waals surface area contributed by atoms with Crippen molar-refractivity contribution >= 4 is 5.91 Å². The highest BCUT2D eigenvalue weighted by atomic mass is 19.1. The first-order valence-corrected chi connectivity index (χ1v) is 8.91.